The highest BCUT2D eigenvalue weighted by Crippen LogP contribution is 2.18. The number of ether oxygens (including phenoxy) is 1. The molecule has 0 bridgehead atoms. The second-order valence-corrected chi connectivity index (χ2v) is 8.14. The van der Waals surface area contributed by atoms with Crippen LogP contribution in [0, 0.1) is 0 Å². The van der Waals surface area contributed by atoms with Crippen LogP contribution in [0.25, 0.3) is 0 Å². The lowest BCUT2D eigenvalue weighted by atomic mass is 10.3. The first-order chi connectivity index (χ1) is 11.8. The molecule has 0 atom stereocenters. The molecule has 2 amide bonds. The van der Waals surface area contributed by atoms with E-state index >= 15 is 0 Å². The average molecular weight is 389 g/mol. The number of sulfone groups is 1. The van der Waals surface area contributed by atoms with Gasteiger partial charge in [0.25, 0.3) is 0 Å². The molecule has 1 aliphatic heterocycles. The van der Waals surface area contributed by atoms with Gasteiger partial charge in [-0.05, 0) is 25.1 Å². The van der Waals surface area contributed by atoms with Crippen LogP contribution >= 0.6 is 11.6 Å². The molecule has 1 aromatic carbocycles. The summed E-state index contributed by atoms with van der Waals surface area (Å²) >= 11 is 5.81. The minimum absolute atomic E-state index is 0.103. The molecule has 0 aromatic heterocycles. The fraction of sp³-hybridized carbons (Fsp3) is 0.500. The predicted octanol–water partition coefficient (Wildman–Crippen LogP) is 1.80. The van der Waals surface area contributed by atoms with E-state index in [0.717, 1.165) is 0 Å². The Bertz CT molecular complexity index is 730. The van der Waals surface area contributed by atoms with Gasteiger partial charge < -0.3 is 14.5 Å². The molecule has 1 heterocycles. The summed E-state index contributed by atoms with van der Waals surface area (Å²) in [6.45, 7) is 3.54. The molecule has 2 rings (SSSR count). The van der Waals surface area contributed by atoms with Crippen LogP contribution in [-0.4, -0.2) is 68.8 Å². The van der Waals surface area contributed by atoms with E-state index in [1.165, 1.54) is 17.0 Å². The number of amides is 2. The highest BCUT2D eigenvalue weighted by atomic mass is 35.5. The molecule has 0 saturated carbocycles. The second kappa shape index (κ2) is 8.53. The van der Waals surface area contributed by atoms with Gasteiger partial charge in [-0.3, -0.25) is 4.79 Å². The van der Waals surface area contributed by atoms with E-state index in [0.29, 0.717) is 37.8 Å². The molecule has 0 aliphatic carbocycles. The van der Waals surface area contributed by atoms with Crippen molar-refractivity contribution in [2.24, 2.45) is 0 Å². The molecule has 0 unspecified atom stereocenters. The molecule has 1 aliphatic rings. The average Bonchev–Trinajstić information content (AvgIpc) is 2.60. The Balaban J connectivity index is 1.86. The zero-order chi connectivity index (χ0) is 18.4. The molecule has 0 radical (unpaired) electrons. The van der Waals surface area contributed by atoms with Crippen LogP contribution in [-0.2, 0) is 19.4 Å². The minimum atomic E-state index is -3.56. The summed E-state index contributed by atoms with van der Waals surface area (Å²) in [5.74, 6) is -0.515. The zero-order valence-electron chi connectivity index (χ0n) is 14.0. The molecule has 0 N–H and O–H groups in total. The lowest BCUT2D eigenvalue weighted by Crippen LogP contribution is -2.50. The van der Waals surface area contributed by atoms with Crippen molar-refractivity contribution in [2.75, 3.05) is 38.5 Å². The van der Waals surface area contributed by atoms with E-state index in [1.54, 1.807) is 24.0 Å². The molecule has 25 heavy (non-hydrogen) atoms. The Morgan fingerprint density at radius 2 is 1.80 bits per heavy atom. The zero-order valence-corrected chi connectivity index (χ0v) is 15.6. The van der Waals surface area contributed by atoms with Crippen molar-refractivity contribution in [3.05, 3.63) is 29.3 Å². The summed E-state index contributed by atoms with van der Waals surface area (Å²) in [5, 5.41) is 0.336. The van der Waals surface area contributed by atoms with Crippen molar-refractivity contribution in [1.29, 1.82) is 0 Å². The maximum atomic E-state index is 12.3. The molecule has 1 fully saturated rings. The van der Waals surface area contributed by atoms with Gasteiger partial charge in [-0.1, -0.05) is 17.7 Å². The SMILES string of the molecule is CCOC(=O)N1CCN(C(=O)CCS(=O)(=O)c2cccc(Cl)c2)CC1. The van der Waals surface area contributed by atoms with Crippen molar-refractivity contribution < 1.29 is 22.7 Å². The Kier molecular flexibility index (Phi) is 6.66. The van der Waals surface area contributed by atoms with Crippen LogP contribution in [0.3, 0.4) is 0 Å². The fourth-order valence-electron chi connectivity index (χ4n) is 2.51. The maximum absolute atomic E-state index is 12.3. The number of hydrogen-bond acceptors (Lipinski definition) is 5. The third-order valence-electron chi connectivity index (χ3n) is 3.90. The van der Waals surface area contributed by atoms with Crippen molar-refractivity contribution >= 4 is 33.4 Å². The number of hydrogen-bond donors (Lipinski definition) is 0. The topological polar surface area (TPSA) is 84.0 Å². The molecule has 1 saturated heterocycles. The third-order valence-corrected chi connectivity index (χ3v) is 5.85. The molecule has 9 heteroatoms. The Labute approximate surface area is 152 Å². The van der Waals surface area contributed by atoms with Crippen molar-refractivity contribution in [1.82, 2.24) is 9.80 Å². The first-order valence-electron chi connectivity index (χ1n) is 8.01. The van der Waals surface area contributed by atoms with Gasteiger partial charge in [0.1, 0.15) is 0 Å². The molecular weight excluding hydrogens is 368 g/mol. The van der Waals surface area contributed by atoms with E-state index < -0.39 is 15.9 Å². The third kappa shape index (κ3) is 5.34. The number of carbonyl (C=O) groups excluding carboxylic acids is 2. The Morgan fingerprint density at radius 3 is 2.40 bits per heavy atom. The quantitative estimate of drug-likeness (QED) is 0.768. The highest BCUT2D eigenvalue weighted by Gasteiger charge is 2.26. The Hall–Kier alpha value is -1.80. The van der Waals surface area contributed by atoms with Gasteiger partial charge in [0.2, 0.25) is 5.91 Å². The monoisotopic (exact) mass is 388 g/mol. The predicted molar refractivity (Wildman–Crippen MR) is 93.3 cm³/mol. The fourth-order valence-corrected chi connectivity index (χ4v) is 4.04. The molecule has 1 aromatic rings. The number of carbonyl (C=O) groups is 2. The van der Waals surface area contributed by atoms with Gasteiger partial charge in [-0.25, -0.2) is 13.2 Å². The standard InChI is InChI=1S/C16H21ClN2O5S/c1-2-24-16(21)19-9-7-18(8-10-19)15(20)6-11-25(22,23)14-5-3-4-13(17)12-14/h3-5,12H,2,6-11H2,1H3. The van der Waals surface area contributed by atoms with E-state index in [9.17, 15) is 18.0 Å². The normalized spacial score (nSPS) is 15.1. The van der Waals surface area contributed by atoms with E-state index in [-0.39, 0.29) is 23.0 Å². The summed E-state index contributed by atoms with van der Waals surface area (Å²) in [6.07, 6.45) is -0.494. The van der Waals surface area contributed by atoms with Crippen LogP contribution < -0.4 is 0 Å². The molecular formula is C16H21ClN2O5S. The molecule has 7 nitrogen and oxygen atoms in total. The second-order valence-electron chi connectivity index (χ2n) is 5.59. The van der Waals surface area contributed by atoms with Crippen molar-refractivity contribution in [3.8, 4) is 0 Å². The van der Waals surface area contributed by atoms with Gasteiger partial charge >= 0.3 is 6.09 Å². The van der Waals surface area contributed by atoms with E-state index in [2.05, 4.69) is 0 Å². The van der Waals surface area contributed by atoms with Crippen LogP contribution in [0.4, 0.5) is 4.79 Å². The Morgan fingerprint density at radius 1 is 1.16 bits per heavy atom. The highest BCUT2D eigenvalue weighted by molar-refractivity contribution is 7.91. The smallest absolute Gasteiger partial charge is 0.409 e. The number of halogens is 1. The van der Waals surface area contributed by atoms with E-state index in [1.807, 2.05) is 0 Å². The van der Waals surface area contributed by atoms with Crippen molar-refractivity contribution in [3.63, 3.8) is 0 Å². The van der Waals surface area contributed by atoms with Gasteiger partial charge in [-0.2, -0.15) is 0 Å². The lowest BCUT2D eigenvalue weighted by molar-refractivity contribution is -0.132. The van der Waals surface area contributed by atoms with Crippen LogP contribution in [0.1, 0.15) is 13.3 Å². The van der Waals surface area contributed by atoms with Gasteiger partial charge in [0, 0.05) is 37.6 Å². The summed E-state index contributed by atoms with van der Waals surface area (Å²) in [7, 11) is -3.56. The van der Waals surface area contributed by atoms with E-state index in [4.69, 9.17) is 16.3 Å². The van der Waals surface area contributed by atoms with Crippen LogP contribution in [0.2, 0.25) is 5.02 Å². The van der Waals surface area contributed by atoms with Gasteiger partial charge in [0.15, 0.2) is 9.84 Å². The molecule has 138 valence electrons. The number of rotatable bonds is 5. The largest absolute Gasteiger partial charge is 0.450 e. The number of piperazine rings is 1. The summed E-state index contributed by atoms with van der Waals surface area (Å²) < 4.78 is 29.5. The minimum Gasteiger partial charge on any atom is -0.450 e. The summed E-state index contributed by atoms with van der Waals surface area (Å²) in [4.78, 5) is 27.1. The summed E-state index contributed by atoms with van der Waals surface area (Å²) in [5.41, 5.74) is 0. The first kappa shape index (κ1) is 19.5. The summed E-state index contributed by atoms with van der Waals surface area (Å²) in [6, 6.07) is 5.99. The number of benzene rings is 1. The number of nitrogens with zero attached hydrogens (tertiary/aromatic N) is 2. The van der Waals surface area contributed by atoms with Crippen LogP contribution in [0.15, 0.2) is 29.2 Å². The first-order valence-corrected chi connectivity index (χ1v) is 10.0. The van der Waals surface area contributed by atoms with Gasteiger partial charge in [-0.15, -0.1) is 0 Å². The van der Waals surface area contributed by atoms with Gasteiger partial charge in [0.05, 0.1) is 17.3 Å². The maximum Gasteiger partial charge on any atom is 0.409 e. The molecule has 0 spiro atoms. The van der Waals surface area contributed by atoms with Crippen LogP contribution in [0.5, 0.6) is 0 Å². The lowest BCUT2D eigenvalue weighted by Gasteiger charge is -2.34. The van der Waals surface area contributed by atoms with Crippen molar-refractivity contribution in [2.45, 2.75) is 18.2 Å².